The maximum Gasteiger partial charge on any atom is 0.328 e. The van der Waals surface area contributed by atoms with Crippen LogP contribution in [-0.2, 0) is 11.2 Å². The van der Waals surface area contributed by atoms with Crippen molar-refractivity contribution < 1.29 is 19.4 Å². The molecule has 0 saturated carbocycles. The number of benzene rings is 2. The van der Waals surface area contributed by atoms with Gasteiger partial charge in [0.05, 0.1) is 7.11 Å². The van der Waals surface area contributed by atoms with Crippen LogP contribution in [0.25, 0.3) is 10.9 Å². The lowest BCUT2D eigenvalue weighted by Gasteiger charge is -2.42. The molecule has 1 aromatic heterocycles. The number of carbonyl (C=O) groups excluding carboxylic acids is 2. The van der Waals surface area contributed by atoms with Gasteiger partial charge in [0.25, 0.3) is 5.91 Å². The SMILES string of the molecule is COc1ccc2[nH]c3c(c2c1)CC1(C)C(=O)N(CCCN2CCCC2)C(=O)N1C3c1cccc(O)c1. The van der Waals surface area contributed by atoms with Crippen molar-refractivity contribution in [2.24, 2.45) is 0 Å². The van der Waals surface area contributed by atoms with Crippen LogP contribution in [0.2, 0.25) is 0 Å². The lowest BCUT2D eigenvalue weighted by molar-refractivity contribution is -0.133. The average molecular weight is 489 g/mol. The van der Waals surface area contributed by atoms with Crippen molar-refractivity contribution in [1.82, 2.24) is 19.7 Å². The minimum atomic E-state index is -1.02. The summed E-state index contributed by atoms with van der Waals surface area (Å²) in [6.07, 6.45) is 3.62. The Morgan fingerprint density at radius 3 is 2.67 bits per heavy atom. The van der Waals surface area contributed by atoms with Gasteiger partial charge in [0, 0.05) is 29.6 Å². The van der Waals surface area contributed by atoms with Crippen LogP contribution in [0.4, 0.5) is 4.79 Å². The van der Waals surface area contributed by atoms with E-state index in [0.29, 0.717) is 13.0 Å². The normalized spacial score (nSPS) is 24.0. The van der Waals surface area contributed by atoms with Gasteiger partial charge in [-0.25, -0.2) is 4.79 Å². The third kappa shape index (κ3) is 3.46. The van der Waals surface area contributed by atoms with Gasteiger partial charge in [-0.15, -0.1) is 0 Å². The fourth-order valence-corrected chi connectivity index (χ4v) is 6.32. The Labute approximate surface area is 210 Å². The predicted octanol–water partition coefficient (Wildman–Crippen LogP) is 4.04. The summed E-state index contributed by atoms with van der Waals surface area (Å²) < 4.78 is 5.47. The van der Waals surface area contributed by atoms with Crippen LogP contribution in [0.3, 0.4) is 0 Å². The van der Waals surface area contributed by atoms with Crippen molar-refractivity contribution in [1.29, 1.82) is 0 Å². The molecule has 8 nitrogen and oxygen atoms in total. The number of aromatic amines is 1. The number of H-pyrrole nitrogens is 1. The van der Waals surface area contributed by atoms with Crippen molar-refractivity contribution in [3.63, 3.8) is 0 Å². The van der Waals surface area contributed by atoms with Gasteiger partial charge in [-0.2, -0.15) is 0 Å². The van der Waals surface area contributed by atoms with Crippen LogP contribution in [0, 0.1) is 0 Å². The number of hydrogen-bond acceptors (Lipinski definition) is 5. The molecule has 0 bridgehead atoms. The first kappa shape index (κ1) is 22.9. The summed E-state index contributed by atoms with van der Waals surface area (Å²) in [5.41, 5.74) is 2.56. The highest BCUT2D eigenvalue weighted by atomic mass is 16.5. The van der Waals surface area contributed by atoms with E-state index in [-0.39, 0.29) is 17.7 Å². The Kier molecular flexibility index (Phi) is 5.44. The van der Waals surface area contributed by atoms with E-state index < -0.39 is 11.6 Å². The third-order valence-electron chi connectivity index (χ3n) is 8.11. The number of aromatic nitrogens is 1. The van der Waals surface area contributed by atoms with Gasteiger partial charge in [0.2, 0.25) is 0 Å². The van der Waals surface area contributed by atoms with Crippen molar-refractivity contribution >= 4 is 22.8 Å². The number of amides is 3. The van der Waals surface area contributed by atoms with Crippen LogP contribution in [0.5, 0.6) is 11.5 Å². The fourth-order valence-electron chi connectivity index (χ4n) is 6.32. The zero-order valence-electron chi connectivity index (χ0n) is 20.8. The first-order chi connectivity index (χ1) is 17.4. The number of methoxy groups -OCH3 is 1. The lowest BCUT2D eigenvalue weighted by Crippen LogP contribution is -2.53. The molecule has 3 aliphatic rings. The van der Waals surface area contributed by atoms with Crippen LogP contribution in [-0.4, -0.2) is 75.6 Å². The van der Waals surface area contributed by atoms with E-state index in [1.165, 1.54) is 17.7 Å². The molecule has 2 saturated heterocycles. The van der Waals surface area contributed by atoms with E-state index in [4.69, 9.17) is 4.74 Å². The van der Waals surface area contributed by atoms with E-state index in [0.717, 1.165) is 59.5 Å². The molecule has 3 aliphatic heterocycles. The Hall–Kier alpha value is -3.52. The molecule has 36 heavy (non-hydrogen) atoms. The number of imide groups is 1. The number of phenolic OH excluding ortho intramolecular Hbond substituents is 1. The van der Waals surface area contributed by atoms with E-state index >= 15 is 0 Å². The van der Waals surface area contributed by atoms with Gasteiger partial charge >= 0.3 is 6.03 Å². The smallest absolute Gasteiger partial charge is 0.328 e. The van der Waals surface area contributed by atoms with Crippen molar-refractivity contribution in [3.8, 4) is 11.5 Å². The van der Waals surface area contributed by atoms with Gasteiger partial charge in [0.15, 0.2) is 0 Å². The second-order valence-corrected chi connectivity index (χ2v) is 10.4. The highest BCUT2D eigenvalue weighted by Gasteiger charge is 2.60. The monoisotopic (exact) mass is 488 g/mol. The second kappa shape index (κ2) is 8.55. The van der Waals surface area contributed by atoms with Crippen LogP contribution >= 0.6 is 0 Å². The number of rotatable bonds is 6. The van der Waals surface area contributed by atoms with E-state index in [2.05, 4.69) is 9.88 Å². The zero-order chi connectivity index (χ0) is 25.0. The zero-order valence-corrected chi connectivity index (χ0v) is 20.8. The molecule has 0 radical (unpaired) electrons. The molecule has 0 aliphatic carbocycles. The molecule has 188 valence electrons. The summed E-state index contributed by atoms with van der Waals surface area (Å²) in [4.78, 5) is 36.9. The standard InChI is InChI=1S/C28H32N4O4/c1-28-17-22-21-16-20(36-2)9-10-23(21)29-24(22)25(18-7-5-8-19(33)15-18)32(28)27(35)31(26(28)34)14-6-13-30-11-3-4-12-30/h5,7-10,15-16,25,29,33H,3-4,6,11-14,17H2,1-2H3. The summed E-state index contributed by atoms with van der Waals surface area (Å²) in [6, 6.07) is 12.0. The molecule has 3 aromatic rings. The summed E-state index contributed by atoms with van der Waals surface area (Å²) in [7, 11) is 1.64. The Bertz CT molecular complexity index is 1340. The summed E-state index contributed by atoms with van der Waals surface area (Å²) in [6.45, 7) is 5.38. The van der Waals surface area contributed by atoms with Crippen LogP contribution in [0.1, 0.15) is 49.0 Å². The summed E-state index contributed by atoms with van der Waals surface area (Å²) in [5, 5.41) is 11.3. The molecule has 2 atom stereocenters. The van der Waals surface area contributed by atoms with Gasteiger partial charge in [-0.05, 0) is 87.3 Å². The maximum atomic E-state index is 13.9. The van der Waals surface area contributed by atoms with Gasteiger partial charge in [-0.3, -0.25) is 14.6 Å². The lowest BCUT2D eigenvalue weighted by atomic mass is 9.81. The molecule has 6 rings (SSSR count). The number of fused-ring (bicyclic) bond motifs is 4. The van der Waals surface area contributed by atoms with Crippen molar-refractivity contribution in [2.75, 3.05) is 33.3 Å². The molecule has 4 heterocycles. The minimum absolute atomic E-state index is 0.125. The van der Waals surface area contributed by atoms with Gasteiger partial charge < -0.3 is 19.7 Å². The number of hydrogen-bond donors (Lipinski definition) is 2. The molecular weight excluding hydrogens is 456 g/mol. The molecule has 2 N–H and O–H groups in total. The highest BCUT2D eigenvalue weighted by Crippen LogP contribution is 2.49. The topological polar surface area (TPSA) is 89.1 Å². The Morgan fingerprint density at radius 2 is 1.92 bits per heavy atom. The van der Waals surface area contributed by atoms with Crippen molar-refractivity contribution in [2.45, 2.75) is 44.2 Å². The first-order valence-electron chi connectivity index (χ1n) is 12.8. The van der Waals surface area contributed by atoms with Crippen LogP contribution in [0.15, 0.2) is 42.5 Å². The number of nitrogens with one attached hydrogen (secondary N) is 1. The third-order valence-corrected chi connectivity index (χ3v) is 8.11. The number of carbonyl (C=O) groups is 2. The highest BCUT2D eigenvalue weighted by molar-refractivity contribution is 6.08. The summed E-state index contributed by atoms with van der Waals surface area (Å²) >= 11 is 0. The molecule has 0 spiro atoms. The average Bonchev–Trinajstić information content (AvgIpc) is 3.56. The van der Waals surface area contributed by atoms with Crippen LogP contribution < -0.4 is 4.74 Å². The molecular formula is C28H32N4O4. The molecule has 3 amide bonds. The first-order valence-corrected chi connectivity index (χ1v) is 12.8. The molecule has 2 unspecified atom stereocenters. The molecule has 2 aromatic carbocycles. The molecule has 8 heteroatoms. The van der Waals surface area contributed by atoms with E-state index in [1.807, 2.05) is 31.2 Å². The summed E-state index contributed by atoms with van der Waals surface area (Å²) in [5.74, 6) is 0.713. The van der Waals surface area contributed by atoms with Crippen molar-refractivity contribution in [3.05, 3.63) is 59.3 Å². The van der Waals surface area contributed by atoms with Gasteiger partial charge in [0.1, 0.15) is 23.1 Å². The fraction of sp³-hybridized carbons (Fsp3) is 0.429. The van der Waals surface area contributed by atoms with Gasteiger partial charge in [-0.1, -0.05) is 12.1 Å². The second-order valence-electron chi connectivity index (χ2n) is 10.4. The Balaban J connectivity index is 1.42. The number of aromatic hydroxyl groups is 1. The number of ether oxygens (including phenoxy) is 1. The quantitative estimate of drug-likeness (QED) is 0.512. The number of urea groups is 1. The number of phenols is 1. The number of likely N-dealkylation sites (tertiary alicyclic amines) is 1. The van der Waals surface area contributed by atoms with E-state index in [9.17, 15) is 14.7 Å². The minimum Gasteiger partial charge on any atom is -0.508 e. The predicted molar refractivity (Wildman–Crippen MR) is 136 cm³/mol. The molecule has 2 fully saturated rings. The Morgan fingerprint density at radius 1 is 1.11 bits per heavy atom. The largest absolute Gasteiger partial charge is 0.508 e. The number of nitrogens with zero attached hydrogens (tertiary/aromatic N) is 3. The van der Waals surface area contributed by atoms with E-state index in [1.54, 1.807) is 30.2 Å². The maximum absolute atomic E-state index is 13.9.